The van der Waals surface area contributed by atoms with Gasteiger partial charge < -0.3 is 10.6 Å². The van der Waals surface area contributed by atoms with Crippen LogP contribution in [0.1, 0.15) is 76.2 Å². The van der Waals surface area contributed by atoms with Crippen LogP contribution in [0.15, 0.2) is 24.4 Å². The van der Waals surface area contributed by atoms with E-state index in [4.69, 9.17) is 0 Å². The monoisotopic (exact) mass is 462 g/mol. The van der Waals surface area contributed by atoms with Crippen LogP contribution in [-0.2, 0) is 16.0 Å². The molecule has 0 radical (unpaired) electrons. The molecule has 1 aromatic carbocycles. The second-order valence-corrected chi connectivity index (χ2v) is 9.38. The van der Waals surface area contributed by atoms with E-state index in [0.29, 0.717) is 11.7 Å². The van der Waals surface area contributed by atoms with E-state index in [1.807, 2.05) is 6.20 Å². The molecule has 0 bridgehead atoms. The van der Waals surface area contributed by atoms with Crippen molar-refractivity contribution >= 4 is 29.3 Å². The maximum absolute atomic E-state index is 13.4. The summed E-state index contributed by atoms with van der Waals surface area (Å²) in [5, 5.41) is 13.8. The molecule has 0 spiro atoms. The van der Waals surface area contributed by atoms with Gasteiger partial charge in [0.15, 0.2) is 0 Å². The summed E-state index contributed by atoms with van der Waals surface area (Å²) in [6.45, 7) is 1.99. The van der Waals surface area contributed by atoms with Gasteiger partial charge in [-0.25, -0.2) is 0 Å². The van der Waals surface area contributed by atoms with Crippen LogP contribution < -0.4 is 16.0 Å². The lowest BCUT2D eigenvalue weighted by atomic mass is 10.0. The molecule has 3 N–H and O–H groups in total. The minimum atomic E-state index is -0.973. The van der Waals surface area contributed by atoms with E-state index in [9.17, 15) is 19.2 Å². The number of hydrogen-bond acceptors (Lipinski definition) is 7. The lowest BCUT2D eigenvalue weighted by Crippen LogP contribution is -2.54. The number of anilines is 1. The van der Waals surface area contributed by atoms with Gasteiger partial charge in [-0.05, 0) is 57.3 Å². The average molecular weight is 463 g/mol. The van der Waals surface area contributed by atoms with Crippen molar-refractivity contribution in [2.75, 3.05) is 18.4 Å². The third-order valence-electron chi connectivity index (χ3n) is 7.43. The molecule has 0 saturated carbocycles. The Hall–Kier alpha value is -3.53. The van der Waals surface area contributed by atoms with Gasteiger partial charge in [-0.2, -0.15) is 5.10 Å². The van der Waals surface area contributed by atoms with Crippen LogP contribution in [0.5, 0.6) is 0 Å². The molecule has 176 valence electrons. The normalized spacial score (nSPS) is 24.9. The fourth-order valence-electron chi connectivity index (χ4n) is 5.73. The quantitative estimate of drug-likeness (QED) is 0.585. The molecule has 4 aliphatic rings. The molecule has 4 amide bonds. The molecule has 4 heterocycles. The van der Waals surface area contributed by atoms with Crippen LogP contribution >= 0.6 is 0 Å². The molecule has 2 saturated heterocycles. The zero-order chi connectivity index (χ0) is 23.4. The standard InChI is InChI=1S/C24H26N6O4/c31-20-7-6-19(22(32)28-20)29-23(33)14-2-1-3-17(21(14)24(29)34)27-16-4-5-18-15(16)12-26-30(18)13-8-10-25-11-9-13/h1-3,12-13,16,19,25,27H,4-11H2,(H,28,31,32). The first-order chi connectivity index (χ1) is 16.5. The van der Waals surface area contributed by atoms with Crippen LogP contribution in [0.3, 0.4) is 0 Å². The number of benzene rings is 1. The number of piperidine rings is 2. The van der Waals surface area contributed by atoms with E-state index < -0.39 is 23.8 Å². The van der Waals surface area contributed by atoms with Crippen molar-refractivity contribution in [1.29, 1.82) is 0 Å². The van der Waals surface area contributed by atoms with E-state index in [1.54, 1.807) is 18.2 Å². The number of rotatable bonds is 4. The maximum Gasteiger partial charge on any atom is 0.264 e. The minimum absolute atomic E-state index is 0.00971. The number of hydrogen-bond donors (Lipinski definition) is 3. The molecule has 2 fully saturated rings. The maximum atomic E-state index is 13.4. The zero-order valence-corrected chi connectivity index (χ0v) is 18.7. The Labute approximate surface area is 196 Å². The van der Waals surface area contributed by atoms with Gasteiger partial charge in [0, 0.05) is 23.4 Å². The minimum Gasteiger partial charge on any atom is -0.377 e. The number of nitrogens with one attached hydrogen (secondary N) is 3. The van der Waals surface area contributed by atoms with Gasteiger partial charge >= 0.3 is 0 Å². The highest BCUT2D eigenvalue weighted by atomic mass is 16.2. The summed E-state index contributed by atoms with van der Waals surface area (Å²) in [6, 6.07) is 4.58. The second-order valence-electron chi connectivity index (χ2n) is 9.38. The third kappa shape index (κ3) is 3.24. The predicted octanol–water partition coefficient (Wildman–Crippen LogP) is 1.31. The smallest absolute Gasteiger partial charge is 0.264 e. The van der Waals surface area contributed by atoms with Gasteiger partial charge in [0.05, 0.1) is 29.4 Å². The first kappa shape index (κ1) is 21.0. The van der Waals surface area contributed by atoms with Crippen molar-refractivity contribution in [1.82, 2.24) is 25.3 Å². The van der Waals surface area contributed by atoms with Crippen LogP contribution in [0.2, 0.25) is 0 Å². The lowest BCUT2D eigenvalue weighted by molar-refractivity contribution is -0.136. The molecular formula is C24H26N6O4. The number of carbonyl (C=O) groups is 4. The Bertz CT molecular complexity index is 1210. The van der Waals surface area contributed by atoms with Crippen molar-refractivity contribution in [3.8, 4) is 0 Å². The van der Waals surface area contributed by atoms with Gasteiger partial charge in [0.2, 0.25) is 11.8 Å². The van der Waals surface area contributed by atoms with Crippen molar-refractivity contribution in [2.24, 2.45) is 0 Å². The fourth-order valence-corrected chi connectivity index (χ4v) is 5.73. The molecule has 34 heavy (non-hydrogen) atoms. The van der Waals surface area contributed by atoms with Gasteiger partial charge in [-0.3, -0.25) is 34.1 Å². The molecule has 10 heteroatoms. The Balaban J connectivity index is 1.26. The van der Waals surface area contributed by atoms with Crippen molar-refractivity contribution in [3.05, 3.63) is 46.8 Å². The highest BCUT2D eigenvalue weighted by Crippen LogP contribution is 2.39. The van der Waals surface area contributed by atoms with Crippen LogP contribution in [0.25, 0.3) is 0 Å². The Kier molecular flexibility index (Phi) is 4.98. The first-order valence-corrected chi connectivity index (χ1v) is 11.9. The third-order valence-corrected chi connectivity index (χ3v) is 7.43. The molecule has 3 aliphatic heterocycles. The number of fused-ring (bicyclic) bond motifs is 2. The van der Waals surface area contributed by atoms with Crippen LogP contribution in [0, 0.1) is 0 Å². The number of aromatic nitrogens is 2. The molecule has 1 aliphatic carbocycles. The fraction of sp³-hybridized carbons (Fsp3) is 0.458. The van der Waals surface area contributed by atoms with E-state index in [-0.39, 0.29) is 35.9 Å². The Morgan fingerprint density at radius 3 is 2.59 bits per heavy atom. The van der Waals surface area contributed by atoms with Crippen molar-refractivity contribution < 1.29 is 19.2 Å². The predicted molar refractivity (Wildman–Crippen MR) is 121 cm³/mol. The van der Waals surface area contributed by atoms with E-state index in [0.717, 1.165) is 49.2 Å². The summed E-state index contributed by atoms with van der Waals surface area (Å²) in [6.07, 6.45) is 6.06. The van der Waals surface area contributed by atoms with Crippen molar-refractivity contribution in [2.45, 2.75) is 56.7 Å². The van der Waals surface area contributed by atoms with Gasteiger partial charge in [-0.15, -0.1) is 0 Å². The summed E-state index contributed by atoms with van der Waals surface area (Å²) in [5.41, 5.74) is 3.53. The summed E-state index contributed by atoms with van der Waals surface area (Å²) in [7, 11) is 0. The summed E-state index contributed by atoms with van der Waals surface area (Å²) in [4.78, 5) is 51.3. The molecule has 1 aromatic heterocycles. The number of carbonyl (C=O) groups excluding carboxylic acids is 4. The Morgan fingerprint density at radius 1 is 0.971 bits per heavy atom. The number of amides is 4. The Morgan fingerprint density at radius 2 is 1.79 bits per heavy atom. The largest absolute Gasteiger partial charge is 0.377 e. The molecule has 2 aromatic rings. The summed E-state index contributed by atoms with van der Waals surface area (Å²) < 4.78 is 2.17. The summed E-state index contributed by atoms with van der Waals surface area (Å²) >= 11 is 0. The average Bonchev–Trinajstić information content (AvgIpc) is 3.50. The van der Waals surface area contributed by atoms with Crippen molar-refractivity contribution in [3.63, 3.8) is 0 Å². The van der Waals surface area contributed by atoms with Crippen LogP contribution in [-0.4, -0.2) is 57.4 Å². The molecule has 10 nitrogen and oxygen atoms in total. The lowest BCUT2D eigenvalue weighted by Gasteiger charge is -2.27. The highest BCUT2D eigenvalue weighted by Gasteiger charge is 2.46. The van der Waals surface area contributed by atoms with E-state index in [1.165, 1.54) is 5.69 Å². The second kappa shape index (κ2) is 8.05. The van der Waals surface area contributed by atoms with Gasteiger partial charge in [0.1, 0.15) is 6.04 Å². The van der Waals surface area contributed by atoms with E-state index >= 15 is 0 Å². The molecule has 2 atom stereocenters. The number of imide groups is 2. The molecular weight excluding hydrogens is 436 g/mol. The number of nitrogens with zero attached hydrogens (tertiary/aromatic N) is 3. The SMILES string of the molecule is O=C1CCC(N2C(=O)c3cccc(NC4CCc5c4cnn5C4CCNCC4)c3C2=O)C(=O)N1. The topological polar surface area (TPSA) is 125 Å². The highest BCUT2D eigenvalue weighted by molar-refractivity contribution is 6.25. The van der Waals surface area contributed by atoms with Gasteiger partial charge in [0.25, 0.3) is 11.8 Å². The molecule has 6 rings (SSSR count). The molecule has 2 unspecified atom stereocenters. The van der Waals surface area contributed by atoms with Crippen LogP contribution in [0.4, 0.5) is 5.69 Å². The summed E-state index contributed by atoms with van der Waals surface area (Å²) in [5.74, 6) is -1.99. The van der Waals surface area contributed by atoms with Gasteiger partial charge in [-0.1, -0.05) is 6.07 Å². The van der Waals surface area contributed by atoms with E-state index in [2.05, 4.69) is 25.7 Å². The first-order valence-electron chi connectivity index (χ1n) is 11.9. The zero-order valence-electron chi connectivity index (χ0n) is 18.7.